The Hall–Kier alpha value is -1.01. The Kier molecular flexibility index (Phi) is 3.64. The van der Waals surface area contributed by atoms with Crippen molar-refractivity contribution in [2.24, 2.45) is 10.8 Å². The van der Waals surface area contributed by atoms with E-state index in [1.54, 1.807) is 0 Å². The average molecular weight is 222 g/mol. The maximum Gasteiger partial charge on any atom is 0.339 e. The Morgan fingerprint density at radius 2 is 2.06 bits per heavy atom. The van der Waals surface area contributed by atoms with Gasteiger partial charge in [-0.25, -0.2) is 4.79 Å². The van der Waals surface area contributed by atoms with Crippen molar-refractivity contribution in [2.75, 3.05) is 0 Å². The molecule has 1 N–H and O–H groups in total. The number of carboxylic acids is 1. The Labute approximate surface area is 98.1 Å². The minimum Gasteiger partial charge on any atom is -0.477 e. The quantitative estimate of drug-likeness (QED) is 0.583. The minimum absolute atomic E-state index is 0.213. The third-order valence-electron chi connectivity index (χ3n) is 3.92. The van der Waals surface area contributed by atoms with Crippen LogP contribution in [0.25, 0.3) is 0 Å². The molecule has 0 aromatic carbocycles. The van der Waals surface area contributed by atoms with Gasteiger partial charge < -0.3 is 5.11 Å². The molecular formula is C14H22O2. The summed E-state index contributed by atoms with van der Waals surface area (Å²) >= 11 is 0. The van der Waals surface area contributed by atoms with Gasteiger partial charge in [-0.15, -0.1) is 5.73 Å². The van der Waals surface area contributed by atoms with Crippen LogP contribution >= 0.6 is 0 Å². The van der Waals surface area contributed by atoms with Crippen LogP contribution in [0.3, 0.4) is 0 Å². The fraction of sp³-hybridized carbons (Fsp3) is 0.714. The lowest BCUT2D eigenvalue weighted by Gasteiger charge is -2.44. The Bertz CT molecular complexity index is 335. The SMILES string of the molecule is C=C=C(C(=O)O)C1(CC)CCCC(C)(C)C1. The van der Waals surface area contributed by atoms with Crippen LogP contribution in [0, 0.1) is 10.8 Å². The van der Waals surface area contributed by atoms with Gasteiger partial charge in [0.15, 0.2) is 0 Å². The number of hydrogen-bond acceptors (Lipinski definition) is 1. The molecule has 1 fully saturated rings. The Morgan fingerprint density at radius 1 is 1.44 bits per heavy atom. The number of aliphatic carboxylic acids is 1. The van der Waals surface area contributed by atoms with Crippen molar-refractivity contribution in [1.82, 2.24) is 0 Å². The summed E-state index contributed by atoms with van der Waals surface area (Å²) in [5.41, 5.74) is 3.07. The second kappa shape index (κ2) is 4.47. The summed E-state index contributed by atoms with van der Waals surface area (Å²) in [5.74, 6) is -0.852. The van der Waals surface area contributed by atoms with Gasteiger partial charge in [0.2, 0.25) is 0 Å². The zero-order chi connectivity index (χ0) is 12.4. The first kappa shape index (κ1) is 13.1. The van der Waals surface area contributed by atoms with Crippen molar-refractivity contribution >= 4 is 5.97 Å². The number of rotatable bonds is 3. The molecule has 0 spiro atoms. The molecule has 1 unspecified atom stereocenters. The Balaban J connectivity index is 3.11. The molecule has 1 aliphatic rings. The normalized spacial score (nSPS) is 28.2. The lowest BCUT2D eigenvalue weighted by molar-refractivity contribution is -0.134. The fourth-order valence-electron chi connectivity index (χ4n) is 3.18. The second-order valence-electron chi connectivity index (χ2n) is 5.69. The smallest absolute Gasteiger partial charge is 0.339 e. The maximum atomic E-state index is 11.3. The molecule has 0 radical (unpaired) electrons. The molecule has 0 bridgehead atoms. The first-order valence-corrected chi connectivity index (χ1v) is 6.01. The highest BCUT2D eigenvalue weighted by atomic mass is 16.4. The van der Waals surface area contributed by atoms with E-state index in [0.717, 1.165) is 25.7 Å². The maximum absolute atomic E-state index is 11.3. The molecule has 2 heteroatoms. The van der Waals surface area contributed by atoms with E-state index in [1.165, 1.54) is 6.42 Å². The van der Waals surface area contributed by atoms with Gasteiger partial charge >= 0.3 is 5.97 Å². The van der Waals surface area contributed by atoms with Crippen molar-refractivity contribution in [3.63, 3.8) is 0 Å². The summed E-state index contributed by atoms with van der Waals surface area (Å²) in [6.45, 7) is 10.1. The van der Waals surface area contributed by atoms with Crippen molar-refractivity contribution < 1.29 is 9.90 Å². The number of hydrogen-bond donors (Lipinski definition) is 1. The number of carboxylic acid groups (broad SMARTS) is 1. The van der Waals surface area contributed by atoms with Crippen LogP contribution < -0.4 is 0 Å². The zero-order valence-electron chi connectivity index (χ0n) is 10.6. The summed E-state index contributed by atoms with van der Waals surface area (Å²) in [4.78, 5) is 11.3. The predicted molar refractivity (Wildman–Crippen MR) is 65.3 cm³/mol. The van der Waals surface area contributed by atoms with Crippen LogP contribution in [0.15, 0.2) is 17.9 Å². The minimum atomic E-state index is -0.852. The van der Waals surface area contributed by atoms with Crippen LogP contribution in [-0.4, -0.2) is 11.1 Å². The molecule has 0 aromatic rings. The third-order valence-corrected chi connectivity index (χ3v) is 3.92. The van der Waals surface area contributed by atoms with E-state index in [2.05, 4.69) is 33.1 Å². The lowest BCUT2D eigenvalue weighted by Crippen LogP contribution is -2.36. The molecule has 0 aromatic heterocycles. The van der Waals surface area contributed by atoms with Crippen molar-refractivity contribution in [3.8, 4) is 0 Å². The van der Waals surface area contributed by atoms with Gasteiger partial charge in [0.1, 0.15) is 0 Å². The summed E-state index contributed by atoms with van der Waals surface area (Å²) in [6.07, 6.45) is 5.02. The van der Waals surface area contributed by atoms with Crippen molar-refractivity contribution in [3.05, 3.63) is 17.9 Å². The van der Waals surface area contributed by atoms with Crippen LogP contribution in [0.2, 0.25) is 0 Å². The highest BCUT2D eigenvalue weighted by Gasteiger charge is 2.43. The van der Waals surface area contributed by atoms with E-state index in [9.17, 15) is 9.90 Å². The average Bonchev–Trinajstić information content (AvgIpc) is 2.16. The fourth-order valence-corrected chi connectivity index (χ4v) is 3.18. The molecule has 2 nitrogen and oxygen atoms in total. The predicted octanol–water partition coefficient (Wildman–Crippen LogP) is 3.78. The summed E-state index contributed by atoms with van der Waals surface area (Å²) in [6, 6.07) is 0. The highest BCUT2D eigenvalue weighted by molar-refractivity contribution is 5.88. The Morgan fingerprint density at radius 3 is 2.44 bits per heavy atom. The second-order valence-corrected chi connectivity index (χ2v) is 5.69. The molecule has 1 aliphatic carbocycles. The standard InChI is InChI=1S/C14H22O2/c1-5-11(12(15)16)14(6-2)9-7-8-13(3,4)10-14/h1,6-10H2,2-4H3,(H,15,16). The molecule has 0 saturated heterocycles. The van der Waals surface area contributed by atoms with E-state index in [-0.39, 0.29) is 10.8 Å². The first-order chi connectivity index (χ1) is 7.37. The zero-order valence-corrected chi connectivity index (χ0v) is 10.6. The van der Waals surface area contributed by atoms with Crippen LogP contribution in [-0.2, 0) is 4.79 Å². The van der Waals surface area contributed by atoms with E-state index in [1.807, 2.05) is 0 Å². The van der Waals surface area contributed by atoms with Crippen LogP contribution in [0.4, 0.5) is 0 Å². The van der Waals surface area contributed by atoms with E-state index in [4.69, 9.17) is 0 Å². The topological polar surface area (TPSA) is 37.3 Å². The molecule has 90 valence electrons. The third kappa shape index (κ3) is 2.38. The molecule has 1 saturated carbocycles. The van der Waals surface area contributed by atoms with Crippen molar-refractivity contribution in [2.45, 2.75) is 52.9 Å². The van der Waals surface area contributed by atoms with E-state index < -0.39 is 5.97 Å². The van der Waals surface area contributed by atoms with Crippen LogP contribution in [0.5, 0.6) is 0 Å². The van der Waals surface area contributed by atoms with Gasteiger partial charge in [0.25, 0.3) is 0 Å². The van der Waals surface area contributed by atoms with Gasteiger partial charge in [-0.1, -0.05) is 33.8 Å². The molecular weight excluding hydrogens is 200 g/mol. The van der Waals surface area contributed by atoms with Gasteiger partial charge in [-0.05, 0) is 31.1 Å². The molecule has 16 heavy (non-hydrogen) atoms. The molecule has 1 atom stereocenters. The molecule has 0 aliphatic heterocycles. The monoisotopic (exact) mass is 222 g/mol. The van der Waals surface area contributed by atoms with Gasteiger partial charge in [-0.2, -0.15) is 0 Å². The number of carbonyl (C=O) groups is 1. The van der Waals surface area contributed by atoms with Crippen LogP contribution in [0.1, 0.15) is 52.9 Å². The van der Waals surface area contributed by atoms with Gasteiger partial charge in [0, 0.05) is 5.41 Å². The summed E-state index contributed by atoms with van der Waals surface area (Å²) in [7, 11) is 0. The molecule has 0 amide bonds. The lowest BCUT2D eigenvalue weighted by atomic mass is 9.59. The van der Waals surface area contributed by atoms with Crippen molar-refractivity contribution in [1.29, 1.82) is 0 Å². The molecule has 1 rings (SSSR count). The van der Waals surface area contributed by atoms with E-state index in [0.29, 0.717) is 5.57 Å². The first-order valence-electron chi connectivity index (χ1n) is 6.01. The molecule has 0 heterocycles. The summed E-state index contributed by atoms with van der Waals surface area (Å²) < 4.78 is 0. The largest absolute Gasteiger partial charge is 0.477 e. The van der Waals surface area contributed by atoms with Gasteiger partial charge in [0.05, 0.1) is 5.57 Å². The van der Waals surface area contributed by atoms with Gasteiger partial charge in [-0.3, -0.25) is 0 Å². The van der Waals surface area contributed by atoms with E-state index >= 15 is 0 Å². The highest BCUT2D eigenvalue weighted by Crippen LogP contribution is 2.51. The summed E-state index contributed by atoms with van der Waals surface area (Å²) in [5, 5.41) is 9.25.